The molecule has 26 heavy (non-hydrogen) atoms. The van der Waals surface area contributed by atoms with Crippen molar-refractivity contribution in [1.29, 1.82) is 0 Å². The number of rotatable bonds is 8. The summed E-state index contributed by atoms with van der Waals surface area (Å²) in [5, 5.41) is 2.87. The van der Waals surface area contributed by atoms with Crippen LogP contribution in [0.25, 0.3) is 0 Å². The van der Waals surface area contributed by atoms with Gasteiger partial charge in [-0.1, -0.05) is 30.3 Å². The summed E-state index contributed by atoms with van der Waals surface area (Å²) in [6.45, 7) is -2.21. The maximum atomic E-state index is 12.9. The van der Waals surface area contributed by atoms with E-state index in [1.807, 2.05) is 32.3 Å². The highest BCUT2D eigenvalue weighted by molar-refractivity contribution is 5.73. The molecule has 1 aromatic carbocycles. The van der Waals surface area contributed by atoms with E-state index >= 15 is 0 Å². The van der Waals surface area contributed by atoms with Gasteiger partial charge in [0.25, 0.3) is 0 Å². The monoisotopic (exact) mass is 365 g/mol. The van der Waals surface area contributed by atoms with Crippen molar-refractivity contribution in [1.82, 2.24) is 24.7 Å². The Bertz CT molecular complexity index is 690. The number of urea groups is 1. The molecule has 2 aromatic rings. The highest BCUT2D eigenvalue weighted by Gasteiger charge is 2.18. The standard InChI is InChI=1S/C18H25F2N5O/c1-23(2)15(11-14-7-5-4-6-8-14)12-22-18(26)24(3)13-16-21-9-10-25(16)17(19)20/h4-10,15,17H,11-13H2,1-3H3,(H,22,26). The Morgan fingerprint density at radius 3 is 2.54 bits per heavy atom. The second-order valence-electron chi connectivity index (χ2n) is 6.38. The van der Waals surface area contributed by atoms with Gasteiger partial charge in [0.15, 0.2) is 0 Å². The largest absolute Gasteiger partial charge is 0.336 e. The summed E-state index contributed by atoms with van der Waals surface area (Å²) < 4.78 is 26.5. The number of nitrogens with one attached hydrogen (secondary N) is 1. The molecule has 0 saturated carbocycles. The van der Waals surface area contributed by atoms with E-state index in [-0.39, 0.29) is 24.4 Å². The van der Waals surface area contributed by atoms with E-state index < -0.39 is 6.55 Å². The first-order chi connectivity index (χ1) is 12.4. The molecule has 0 bridgehead atoms. The first-order valence-corrected chi connectivity index (χ1v) is 8.37. The summed E-state index contributed by atoms with van der Waals surface area (Å²) in [5.41, 5.74) is 1.19. The molecule has 1 atom stereocenters. The number of nitrogens with zero attached hydrogens (tertiary/aromatic N) is 4. The van der Waals surface area contributed by atoms with Crippen LogP contribution in [0.1, 0.15) is 17.9 Å². The van der Waals surface area contributed by atoms with Crippen molar-refractivity contribution < 1.29 is 13.6 Å². The maximum absolute atomic E-state index is 12.9. The number of hydrogen-bond donors (Lipinski definition) is 1. The molecule has 2 amide bonds. The van der Waals surface area contributed by atoms with Gasteiger partial charge >= 0.3 is 12.6 Å². The van der Waals surface area contributed by atoms with Gasteiger partial charge in [-0.25, -0.2) is 9.78 Å². The van der Waals surface area contributed by atoms with Crippen LogP contribution in [0.5, 0.6) is 0 Å². The number of benzene rings is 1. The lowest BCUT2D eigenvalue weighted by molar-refractivity contribution is 0.0651. The van der Waals surface area contributed by atoms with Gasteiger partial charge in [0.05, 0.1) is 6.54 Å². The third kappa shape index (κ3) is 5.52. The number of carbonyl (C=O) groups excluding carboxylic acids is 1. The molecular formula is C18H25F2N5O. The van der Waals surface area contributed by atoms with Crippen molar-refractivity contribution in [2.24, 2.45) is 0 Å². The second kappa shape index (κ2) is 9.28. The third-order valence-electron chi connectivity index (χ3n) is 4.22. The molecule has 0 spiro atoms. The van der Waals surface area contributed by atoms with E-state index in [4.69, 9.17) is 0 Å². The van der Waals surface area contributed by atoms with Gasteiger partial charge in [-0.2, -0.15) is 8.78 Å². The number of carbonyl (C=O) groups is 1. The molecule has 6 nitrogen and oxygen atoms in total. The molecule has 0 radical (unpaired) electrons. The topological polar surface area (TPSA) is 53.4 Å². The number of hydrogen-bond acceptors (Lipinski definition) is 3. The summed E-state index contributed by atoms with van der Waals surface area (Å²) in [6.07, 6.45) is 3.30. The minimum absolute atomic E-state index is 0.00842. The second-order valence-corrected chi connectivity index (χ2v) is 6.38. The van der Waals surface area contributed by atoms with Gasteiger partial charge in [0.1, 0.15) is 5.82 Å². The first kappa shape index (κ1) is 19.8. The van der Waals surface area contributed by atoms with Gasteiger partial charge in [-0.3, -0.25) is 4.57 Å². The summed E-state index contributed by atoms with van der Waals surface area (Å²) in [7, 11) is 5.48. The average molecular weight is 365 g/mol. The molecule has 1 aromatic heterocycles. The van der Waals surface area contributed by atoms with Crippen LogP contribution in [0, 0.1) is 0 Å². The van der Waals surface area contributed by atoms with Crippen molar-refractivity contribution in [3.8, 4) is 0 Å². The number of halogens is 2. The molecule has 2 rings (SSSR count). The Morgan fingerprint density at radius 2 is 1.92 bits per heavy atom. The molecule has 0 aliphatic rings. The van der Waals surface area contributed by atoms with Crippen LogP contribution in [-0.4, -0.2) is 59.1 Å². The molecule has 1 heterocycles. The zero-order chi connectivity index (χ0) is 19.1. The van der Waals surface area contributed by atoms with Crippen molar-refractivity contribution in [2.75, 3.05) is 27.7 Å². The zero-order valence-electron chi connectivity index (χ0n) is 15.3. The number of likely N-dealkylation sites (N-methyl/N-ethyl adjacent to an activating group) is 1. The van der Waals surface area contributed by atoms with Gasteiger partial charge in [-0.15, -0.1) is 0 Å². The fraction of sp³-hybridized carbons (Fsp3) is 0.444. The molecule has 1 N–H and O–H groups in total. The number of imidazole rings is 1. The maximum Gasteiger partial charge on any atom is 0.319 e. The summed E-state index contributed by atoms with van der Waals surface area (Å²) >= 11 is 0. The Balaban J connectivity index is 1.89. The Labute approximate surface area is 152 Å². The molecule has 0 aliphatic carbocycles. The fourth-order valence-corrected chi connectivity index (χ4v) is 2.59. The third-order valence-corrected chi connectivity index (χ3v) is 4.22. The van der Waals surface area contributed by atoms with Crippen LogP contribution in [0.4, 0.5) is 13.6 Å². The summed E-state index contributed by atoms with van der Waals surface area (Å²) in [4.78, 5) is 19.6. The molecule has 0 aliphatic heterocycles. The van der Waals surface area contributed by atoms with Crippen LogP contribution in [0.15, 0.2) is 42.7 Å². The van der Waals surface area contributed by atoms with E-state index in [2.05, 4.69) is 27.3 Å². The molecule has 0 saturated heterocycles. The van der Waals surface area contributed by atoms with Crippen molar-refractivity contribution in [3.05, 3.63) is 54.1 Å². The molecule has 142 valence electrons. The van der Waals surface area contributed by atoms with Crippen molar-refractivity contribution >= 4 is 6.03 Å². The highest BCUT2D eigenvalue weighted by atomic mass is 19.3. The summed E-state index contributed by atoms with van der Waals surface area (Å²) in [6, 6.07) is 9.84. The normalized spacial score (nSPS) is 12.4. The van der Waals surface area contributed by atoms with Gasteiger partial charge in [0, 0.05) is 32.0 Å². The van der Waals surface area contributed by atoms with Crippen LogP contribution in [0.2, 0.25) is 0 Å². The molecule has 8 heteroatoms. The Morgan fingerprint density at radius 1 is 1.23 bits per heavy atom. The van der Waals surface area contributed by atoms with Crippen molar-refractivity contribution in [3.63, 3.8) is 0 Å². The van der Waals surface area contributed by atoms with E-state index in [0.717, 1.165) is 11.0 Å². The van der Waals surface area contributed by atoms with E-state index in [0.29, 0.717) is 6.54 Å². The van der Waals surface area contributed by atoms with Crippen molar-refractivity contribution in [2.45, 2.75) is 25.6 Å². The van der Waals surface area contributed by atoms with Crippen LogP contribution < -0.4 is 5.32 Å². The zero-order valence-corrected chi connectivity index (χ0v) is 15.3. The minimum Gasteiger partial charge on any atom is -0.336 e. The summed E-state index contributed by atoms with van der Waals surface area (Å²) in [5.74, 6) is 0.145. The lowest BCUT2D eigenvalue weighted by Crippen LogP contribution is -2.45. The predicted octanol–water partition coefficient (Wildman–Crippen LogP) is 2.59. The minimum atomic E-state index is -2.67. The van der Waals surface area contributed by atoms with E-state index in [1.54, 1.807) is 7.05 Å². The van der Waals surface area contributed by atoms with Crippen LogP contribution >= 0.6 is 0 Å². The lowest BCUT2D eigenvalue weighted by Gasteiger charge is -2.26. The van der Waals surface area contributed by atoms with Crippen LogP contribution in [0.3, 0.4) is 0 Å². The SMILES string of the molecule is CN(Cc1nccn1C(F)F)C(=O)NCC(Cc1ccccc1)N(C)C. The van der Waals surface area contributed by atoms with Gasteiger partial charge in [0.2, 0.25) is 0 Å². The predicted molar refractivity (Wildman–Crippen MR) is 96.0 cm³/mol. The van der Waals surface area contributed by atoms with Crippen LogP contribution in [-0.2, 0) is 13.0 Å². The Kier molecular flexibility index (Phi) is 7.08. The van der Waals surface area contributed by atoms with E-state index in [1.165, 1.54) is 22.9 Å². The Hall–Kier alpha value is -2.48. The fourth-order valence-electron chi connectivity index (χ4n) is 2.59. The lowest BCUT2D eigenvalue weighted by atomic mass is 10.1. The quantitative estimate of drug-likeness (QED) is 0.782. The van der Waals surface area contributed by atoms with Gasteiger partial charge in [-0.05, 0) is 26.1 Å². The first-order valence-electron chi connectivity index (χ1n) is 8.37. The number of aromatic nitrogens is 2. The molecule has 0 fully saturated rings. The smallest absolute Gasteiger partial charge is 0.319 e. The number of amides is 2. The van der Waals surface area contributed by atoms with Gasteiger partial charge < -0.3 is 15.1 Å². The molecule has 1 unspecified atom stereocenters. The van der Waals surface area contributed by atoms with E-state index in [9.17, 15) is 13.6 Å². The highest BCUT2D eigenvalue weighted by Crippen LogP contribution is 2.13. The molecular weight excluding hydrogens is 340 g/mol. The average Bonchev–Trinajstić information content (AvgIpc) is 3.07. The number of alkyl halides is 2.